The molecule has 64 valence electrons. The normalized spacial score (nSPS) is 9.18. The van der Waals surface area contributed by atoms with E-state index in [9.17, 15) is 0 Å². The van der Waals surface area contributed by atoms with Gasteiger partial charge in [0.15, 0.2) is 0 Å². The Kier molecular flexibility index (Phi) is 6.16. The third kappa shape index (κ3) is 4.16. The molecule has 0 radical (unpaired) electrons. The zero-order valence-electron chi connectivity index (χ0n) is 6.46. The van der Waals surface area contributed by atoms with Crippen LogP contribution in [0.4, 0.5) is 0 Å². The lowest BCUT2D eigenvalue weighted by atomic mass is 10.3. The Labute approximate surface area is 77.4 Å². The smallest absolute Gasteiger partial charge is 0.241 e. The molecule has 11 heavy (non-hydrogen) atoms. The number of hydrogen-bond acceptors (Lipinski definition) is 1. The summed E-state index contributed by atoms with van der Waals surface area (Å²) >= 11 is 0. The van der Waals surface area contributed by atoms with Crippen molar-refractivity contribution in [2.75, 3.05) is 6.54 Å². The summed E-state index contributed by atoms with van der Waals surface area (Å²) in [5.74, 6) is 0. The first-order valence-corrected chi connectivity index (χ1v) is 3.65. The number of nitrogens with two attached hydrogens (primary N) is 1. The predicted molar refractivity (Wildman–Crippen MR) is 39.3 cm³/mol. The lowest BCUT2D eigenvalue weighted by Gasteiger charge is -1.92. The minimum Gasteiger partial charge on any atom is -1.00 e. The molecule has 3 N–H and O–H groups in total. The molecule has 0 spiro atoms. The SMILES string of the molecule is NCCCC[n+]1cc[nH]c1.[Br-]. The number of unbranched alkanes of at least 4 members (excludes halogenated alkanes) is 1. The van der Waals surface area contributed by atoms with Crippen LogP contribution in [0.25, 0.3) is 0 Å². The summed E-state index contributed by atoms with van der Waals surface area (Å²) in [6, 6.07) is 0. The van der Waals surface area contributed by atoms with E-state index in [1.54, 1.807) is 0 Å². The summed E-state index contributed by atoms with van der Waals surface area (Å²) in [4.78, 5) is 2.99. The second-order valence-corrected chi connectivity index (χ2v) is 2.35. The molecule has 0 amide bonds. The Bertz CT molecular complexity index is 162. The van der Waals surface area contributed by atoms with Gasteiger partial charge < -0.3 is 22.7 Å². The number of hydrogen-bond donors (Lipinski definition) is 2. The fourth-order valence-electron chi connectivity index (χ4n) is 0.898. The number of aryl methyl sites for hydroxylation is 1. The number of imidazole rings is 1. The van der Waals surface area contributed by atoms with E-state index in [2.05, 4.69) is 9.55 Å². The lowest BCUT2D eigenvalue weighted by Crippen LogP contribution is -3.00. The van der Waals surface area contributed by atoms with Gasteiger partial charge in [0.25, 0.3) is 0 Å². The molecular weight excluding hydrogens is 206 g/mol. The van der Waals surface area contributed by atoms with Gasteiger partial charge in [-0.15, -0.1) is 0 Å². The first-order valence-electron chi connectivity index (χ1n) is 3.65. The van der Waals surface area contributed by atoms with Crippen molar-refractivity contribution in [1.82, 2.24) is 4.98 Å². The van der Waals surface area contributed by atoms with E-state index >= 15 is 0 Å². The average molecular weight is 220 g/mol. The molecule has 0 fully saturated rings. The highest BCUT2D eigenvalue weighted by Crippen LogP contribution is 1.84. The molecule has 4 heteroatoms. The summed E-state index contributed by atoms with van der Waals surface area (Å²) in [5.41, 5.74) is 5.35. The van der Waals surface area contributed by atoms with Crippen LogP contribution in [0.1, 0.15) is 12.8 Å². The van der Waals surface area contributed by atoms with Crippen molar-refractivity contribution in [2.45, 2.75) is 19.4 Å². The quantitative estimate of drug-likeness (QED) is 0.413. The van der Waals surface area contributed by atoms with Gasteiger partial charge in [-0.3, -0.25) is 4.98 Å². The number of aromatic nitrogens is 2. The molecule has 3 nitrogen and oxygen atoms in total. The molecular formula is C7H14BrN3. The van der Waals surface area contributed by atoms with Crippen molar-refractivity contribution in [2.24, 2.45) is 5.73 Å². The van der Waals surface area contributed by atoms with Crippen LogP contribution in [-0.2, 0) is 6.54 Å². The molecule has 1 heterocycles. The summed E-state index contributed by atoms with van der Waals surface area (Å²) in [6.07, 6.45) is 8.17. The van der Waals surface area contributed by atoms with Crippen LogP contribution < -0.4 is 27.3 Å². The summed E-state index contributed by atoms with van der Waals surface area (Å²) < 4.78 is 2.12. The fraction of sp³-hybridized carbons (Fsp3) is 0.571. The van der Waals surface area contributed by atoms with Gasteiger partial charge in [0.1, 0.15) is 12.4 Å². The second kappa shape index (κ2) is 6.37. The van der Waals surface area contributed by atoms with Crippen molar-refractivity contribution in [3.63, 3.8) is 0 Å². The molecule has 0 aromatic carbocycles. The van der Waals surface area contributed by atoms with Gasteiger partial charge in [-0.05, 0) is 19.4 Å². The maximum atomic E-state index is 5.35. The summed E-state index contributed by atoms with van der Waals surface area (Å²) in [7, 11) is 0. The summed E-state index contributed by atoms with van der Waals surface area (Å²) in [6.45, 7) is 1.87. The van der Waals surface area contributed by atoms with Gasteiger partial charge in [0.05, 0.1) is 6.54 Å². The van der Waals surface area contributed by atoms with E-state index in [1.165, 1.54) is 6.42 Å². The summed E-state index contributed by atoms with van der Waals surface area (Å²) in [5, 5.41) is 0. The first kappa shape index (κ1) is 10.7. The lowest BCUT2D eigenvalue weighted by molar-refractivity contribution is -0.696. The van der Waals surface area contributed by atoms with Crippen LogP contribution in [0.2, 0.25) is 0 Å². The third-order valence-corrected chi connectivity index (χ3v) is 1.47. The highest BCUT2D eigenvalue weighted by atomic mass is 79.9. The van der Waals surface area contributed by atoms with Crippen molar-refractivity contribution >= 4 is 0 Å². The van der Waals surface area contributed by atoms with Crippen LogP contribution in [0, 0.1) is 0 Å². The second-order valence-electron chi connectivity index (χ2n) is 2.35. The molecule has 0 aliphatic heterocycles. The Balaban J connectivity index is 0.000001000. The standard InChI is InChI=1S/C7H13N3.BrH/c8-3-1-2-5-10-6-4-9-7-10;/h4,6-7H,1-3,5,8H2;1H. The molecule has 1 aromatic rings. The molecule has 0 saturated carbocycles. The van der Waals surface area contributed by atoms with Gasteiger partial charge >= 0.3 is 0 Å². The highest BCUT2D eigenvalue weighted by molar-refractivity contribution is 4.55. The van der Waals surface area contributed by atoms with E-state index in [4.69, 9.17) is 5.73 Å². The maximum absolute atomic E-state index is 5.35. The Morgan fingerprint density at radius 3 is 2.73 bits per heavy atom. The molecule has 0 saturated heterocycles. The van der Waals surface area contributed by atoms with Crippen LogP contribution in [0.15, 0.2) is 18.7 Å². The number of nitrogens with zero attached hydrogens (tertiary/aromatic N) is 1. The zero-order chi connectivity index (χ0) is 7.23. The fourth-order valence-corrected chi connectivity index (χ4v) is 0.898. The minimum absolute atomic E-state index is 0. The first-order chi connectivity index (χ1) is 4.93. The van der Waals surface area contributed by atoms with Crippen molar-refractivity contribution in [1.29, 1.82) is 0 Å². The van der Waals surface area contributed by atoms with Gasteiger partial charge in [-0.1, -0.05) is 0 Å². The maximum Gasteiger partial charge on any atom is 0.241 e. The number of aromatic amines is 1. The minimum atomic E-state index is 0. The Morgan fingerprint density at radius 1 is 1.36 bits per heavy atom. The molecule has 0 aliphatic carbocycles. The monoisotopic (exact) mass is 219 g/mol. The average Bonchev–Trinajstić information content (AvgIpc) is 2.41. The van der Waals surface area contributed by atoms with Crippen molar-refractivity contribution in [3.8, 4) is 0 Å². The molecule has 0 aliphatic rings. The van der Waals surface area contributed by atoms with E-state index in [0.717, 1.165) is 19.5 Å². The highest BCUT2D eigenvalue weighted by Gasteiger charge is 1.93. The van der Waals surface area contributed by atoms with Crippen molar-refractivity contribution < 1.29 is 21.5 Å². The van der Waals surface area contributed by atoms with Crippen LogP contribution in [0.5, 0.6) is 0 Å². The van der Waals surface area contributed by atoms with Crippen LogP contribution in [-0.4, -0.2) is 11.5 Å². The Morgan fingerprint density at radius 2 is 2.18 bits per heavy atom. The number of nitrogens with one attached hydrogen (secondary N) is 1. The van der Waals surface area contributed by atoms with Gasteiger partial charge in [0.2, 0.25) is 6.33 Å². The topological polar surface area (TPSA) is 45.7 Å². The van der Waals surface area contributed by atoms with E-state index in [0.29, 0.717) is 0 Å². The number of rotatable bonds is 4. The van der Waals surface area contributed by atoms with E-state index in [-0.39, 0.29) is 17.0 Å². The third-order valence-electron chi connectivity index (χ3n) is 1.47. The molecule has 1 aromatic heterocycles. The van der Waals surface area contributed by atoms with E-state index in [1.807, 2.05) is 18.7 Å². The van der Waals surface area contributed by atoms with Gasteiger partial charge in [0, 0.05) is 0 Å². The zero-order valence-corrected chi connectivity index (χ0v) is 8.05. The molecule has 0 bridgehead atoms. The molecule has 1 rings (SSSR count). The molecule has 0 unspecified atom stereocenters. The number of halogens is 1. The van der Waals surface area contributed by atoms with Gasteiger partial charge in [-0.25, -0.2) is 4.57 Å². The number of H-pyrrole nitrogens is 1. The van der Waals surface area contributed by atoms with E-state index < -0.39 is 0 Å². The van der Waals surface area contributed by atoms with Crippen LogP contribution in [0.3, 0.4) is 0 Å². The molecule has 0 atom stereocenters. The largest absolute Gasteiger partial charge is 1.00 e. The van der Waals surface area contributed by atoms with Crippen LogP contribution >= 0.6 is 0 Å². The predicted octanol–water partition coefficient (Wildman–Crippen LogP) is -2.95. The Hall–Kier alpha value is -0.350. The van der Waals surface area contributed by atoms with Gasteiger partial charge in [-0.2, -0.15) is 0 Å². The van der Waals surface area contributed by atoms with Crippen molar-refractivity contribution in [3.05, 3.63) is 18.7 Å².